The van der Waals surface area contributed by atoms with E-state index in [0.717, 1.165) is 31.5 Å². The Labute approximate surface area is 227 Å². The van der Waals surface area contributed by atoms with Crippen LogP contribution in [0.1, 0.15) is 59.8 Å². The number of anilines is 1. The highest BCUT2D eigenvalue weighted by Gasteiger charge is 2.53. The molecule has 0 unspecified atom stereocenters. The fraction of sp³-hybridized carbons (Fsp3) is 0.625. The van der Waals surface area contributed by atoms with E-state index >= 15 is 0 Å². The number of allylic oxidation sites excluding steroid dienone is 4. The third kappa shape index (κ3) is 4.90. The van der Waals surface area contributed by atoms with Crippen LogP contribution in [0, 0.1) is 16.7 Å². The summed E-state index contributed by atoms with van der Waals surface area (Å²) in [6, 6.07) is 10.4. The van der Waals surface area contributed by atoms with E-state index in [1.54, 1.807) is 5.57 Å². The molecule has 1 heterocycles. The van der Waals surface area contributed by atoms with Crippen molar-refractivity contribution in [3.63, 3.8) is 0 Å². The van der Waals surface area contributed by atoms with E-state index in [1.807, 2.05) is 6.07 Å². The van der Waals surface area contributed by atoms with Crippen molar-refractivity contribution in [2.24, 2.45) is 16.7 Å². The van der Waals surface area contributed by atoms with Crippen LogP contribution in [0.5, 0.6) is 0 Å². The lowest BCUT2D eigenvalue weighted by Gasteiger charge is -2.50. The second kappa shape index (κ2) is 10.5. The van der Waals surface area contributed by atoms with Crippen molar-refractivity contribution in [1.82, 2.24) is 0 Å². The third-order valence-corrected chi connectivity index (χ3v) is 9.68. The molecule has 7 atom stereocenters. The molecule has 2 fully saturated rings. The van der Waals surface area contributed by atoms with Crippen LogP contribution < -0.4 is 4.90 Å². The summed E-state index contributed by atoms with van der Waals surface area (Å²) in [5.41, 5.74) is 6.76. The first-order valence-corrected chi connectivity index (χ1v) is 14.2. The van der Waals surface area contributed by atoms with Gasteiger partial charge in [0.05, 0.1) is 12.7 Å². The van der Waals surface area contributed by atoms with Crippen LogP contribution in [0.4, 0.5) is 5.69 Å². The van der Waals surface area contributed by atoms with Crippen LogP contribution >= 0.6 is 0 Å². The van der Waals surface area contributed by atoms with Gasteiger partial charge in [0, 0.05) is 24.7 Å². The molecule has 0 amide bonds. The van der Waals surface area contributed by atoms with E-state index in [4.69, 9.17) is 9.47 Å². The lowest BCUT2D eigenvalue weighted by molar-refractivity contribution is -0.291. The van der Waals surface area contributed by atoms with Gasteiger partial charge < -0.3 is 29.7 Å². The topological polar surface area (TPSA) is 82.4 Å². The molecule has 4 aliphatic rings. The predicted octanol–water partition coefficient (Wildman–Crippen LogP) is 4.76. The maximum Gasteiger partial charge on any atom is 0.186 e. The Kier molecular flexibility index (Phi) is 7.66. The first kappa shape index (κ1) is 27.6. The number of fused-ring (bicyclic) bond motifs is 3. The molecule has 6 nitrogen and oxygen atoms in total. The number of nitrogens with zero attached hydrogens (tertiary/aromatic N) is 1. The van der Waals surface area contributed by atoms with Gasteiger partial charge >= 0.3 is 0 Å². The van der Waals surface area contributed by atoms with E-state index < -0.39 is 24.6 Å². The predicted molar refractivity (Wildman–Crippen MR) is 150 cm³/mol. The smallest absolute Gasteiger partial charge is 0.186 e. The summed E-state index contributed by atoms with van der Waals surface area (Å²) in [7, 11) is 2.11. The molecule has 1 saturated carbocycles. The lowest BCUT2D eigenvalue weighted by Crippen LogP contribution is -2.56. The summed E-state index contributed by atoms with van der Waals surface area (Å²) in [5.74, 6) is 0.491. The van der Waals surface area contributed by atoms with Crippen LogP contribution in [0.2, 0.25) is 0 Å². The molecular weight excluding hydrogens is 478 g/mol. The molecule has 3 N–H and O–H groups in total. The summed E-state index contributed by atoms with van der Waals surface area (Å²) in [5, 5.41) is 31.1. The average molecular weight is 524 g/mol. The third-order valence-electron chi connectivity index (χ3n) is 9.68. The van der Waals surface area contributed by atoms with E-state index in [0.29, 0.717) is 12.3 Å². The molecular formula is C32H45NO5. The number of ether oxygens (including phenoxy) is 2. The Hall–Kier alpha value is -1.96. The van der Waals surface area contributed by atoms with E-state index in [-0.39, 0.29) is 23.5 Å². The molecule has 0 aromatic heterocycles. The van der Waals surface area contributed by atoms with Gasteiger partial charge in [-0.2, -0.15) is 0 Å². The maximum atomic E-state index is 10.7. The lowest BCUT2D eigenvalue weighted by atomic mass is 9.57. The Morgan fingerprint density at radius 3 is 2.47 bits per heavy atom. The van der Waals surface area contributed by atoms with Crippen molar-refractivity contribution in [3.05, 3.63) is 64.8 Å². The quantitative estimate of drug-likeness (QED) is 0.499. The minimum atomic E-state index is -1.30. The Balaban J connectivity index is 1.53. The molecule has 0 bridgehead atoms. The minimum absolute atomic E-state index is 0.0603. The number of para-hydroxylation sites is 1. The van der Waals surface area contributed by atoms with Crippen molar-refractivity contribution in [1.29, 1.82) is 0 Å². The molecule has 1 saturated heterocycles. The fourth-order valence-corrected chi connectivity index (χ4v) is 7.12. The first-order valence-electron chi connectivity index (χ1n) is 14.2. The summed E-state index contributed by atoms with van der Waals surface area (Å²) in [6.07, 6.45) is 4.81. The molecule has 5 rings (SSSR count). The van der Waals surface area contributed by atoms with Gasteiger partial charge in [-0.15, -0.1) is 0 Å². The largest absolute Gasteiger partial charge is 0.388 e. The minimum Gasteiger partial charge on any atom is -0.388 e. The van der Waals surface area contributed by atoms with Crippen molar-refractivity contribution in [3.8, 4) is 0 Å². The molecule has 38 heavy (non-hydrogen) atoms. The van der Waals surface area contributed by atoms with Gasteiger partial charge in [0.2, 0.25) is 0 Å². The van der Waals surface area contributed by atoms with Crippen LogP contribution in [0.3, 0.4) is 0 Å². The van der Waals surface area contributed by atoms with Crippen LogP contribution in [0.25, 0.3) is 0 Å². The van der Waals surface area contributed by atoms with Crippen LogP contribution in [0.15, 0.2) is 64.8 Å². The number of benzene rings is 1. The van der Waals surface area contributed by atoms with Gasteiger partial charge in [-0.05, 0) is 72.3 Å². The van der Waals surface area contributed by atoms with Gasteiger partial charge in [0.15, 0.2) is 6.29 Å². The zero-order valence-corrected chi connectivity index (χ0v) is 23.6. The zero-order valence-electron chi connectivity index (χ0n) is 23.6. The summed E-state index contributed by atoms with van der Waals surface area (Å²) in [6.45, 7) is 10.0. The number of aliphatic hydroxyl groups is 3. The zero-order chi connectivity index (χ0) is 27.2. The molecule has 1 aromatic carbocycles. The summed E-state index contributed by atoms with van der Waals surface area (Å²) in [4.78, 5) is 2.25. The molecule has 1 aliphatic heterocycles. The summed E-state index contributed by atoms with van der Waals surface area (Å²) < 4.78 is 12.4. The number of likely N-dealkylation sites (N-methyl/N-ethyl adjacent to an activating group) is 1. The number of hydrogen-bond acceptors (Lipinski definition) is 6. The van der Waals surface area contributed by atoms with Crippen molar-refractivity contribution >= 4 is 5.69 Å². The molecule has 6 heteroatoms. The van der Waals surface area contributed by atoms with Crippen molar-refractivity contribution in [2.75, 3.05) is 25.1 Å². The van der Waals surface area contributed by atoms with Crippen molar-refractivity contribution in [2.45, 2.75) is 90.5 Å². The van der Waals surface area contributed by atoms with Crippen LogP contribution in [-0.4, -0.2) is 66.2 Å². The SMILES string of the molecule is CC(C)C1=C2C3=CC=C(CN(C)c4ccccc4)C[C@H](O[C@@H]4OC[C@@H](O)[C@H](O)[C@H]4O)[C@]3(C)CC[C@@]2(C)CC1. The van der Waals surface area contributed by atoms with E-state index in [1.165, 1.54) is 23.1 Å². The Bertz CT molecular complexity index is 1110. The highest BCUT2D eigenvalue weighted by Crippen LogP contribution is 2.62. The first-order chi connectivity index (χ1) is 18.0. The molecule has 0 spiro atoms. The van der Waals surface area contributed by atoms with Gasteiger partial charge in [0.25, 0.3) is 0 Å². The highest BCUT2D eigenvalue weighted by molar-refractivity contribution is 5.53. The molecule has 208 valence electrons. The van der Waals surface area contributed by atoms with Gasteiger partial charge in [0.1, 0.15) is 18.3 Å². The second-order valence-electron chi connectivity index (χ2n) is 12.7. The van der Waals surface area contributed by atoms with Crippen molar-refractivity contribution < 1.29 is 24.8 Å². The van der Waals surface area contributed by atoms with E-state index in [9.17, 15) is 15.3 Å². The summed E-state index contributed by atoms with van der Waals surface area (Å²) >= 11 is 0. The van der Waals surface area contributed by atoms with Gasteiger partial charge in [-0.1, -0.05) is 63.6 Å². The average Bonchev–Trinajstić information content (AvgIpc) is 3.19. The standard InChI is InChI=1S/C32H45NO5/c1-20(2)23-13-14-31(3)15-16-32(4)24(27(23)31)12-11-21(18-33(5)22-9-7-6-8-10-22)17-26(32)38-30-29(36)28(35)25(34)19-37-30/h6-12,20,25-26,28-30,34-36H,13-19H2,1-5H3/t25-,26+,28+,29-,30+,31-,32-/m1/s1. The molecule has 0 radical (unpaired) electrons. The monoisotopic (exact) mass is 523 g/mol. The number of hydrogen-bond donors (Lipinski definition) is 3. The second-order valence-corrected chi connectivity index (χ2v) is 12.7. The highest BCUT2D eigenvalue weighted by atomic mass is 16.7. The van der Waals surface area contributed by atoms with Crippen LogP contribution in [-0.2, 0) is 9.47 Å². The normalized spacial score (nSPS) is 37.3. The van der Waals surface area contributed by atoms with Gasteiger partial charge in [-0.25, -0.2) is 0 Å². The molecule has 3 aliphatic carbocycles. The van der Waals surface area contributed by atoms with Gasteiger partial charge in [-0.3, -0.25) is 0 Å². The number of aliphatic hydroxyl groups excluding tert-OH is 3. The van der Waals surface area contributed by atoms with E-state index in [2.05, 4.69) is 76.1 Å². The maximum absolute atomic E-state index is 10.7. The Morgan fingerprint density at radius 2 is 1.76 bits per heavy atom. The fourth-order valence-electron chi connectivity index (χ4n) is 7.12. The number of rotatable bonds is 6. The Morgan fingerprint density at radius 1 is 1.03 bits per heavy atom. The molecule has 1 aromatic rings.